The van der Waals surface area contributed by atoms with Gasteiger partial charge in [0.1, 0.15) is 17.3 Å². The van der Waals surface area contributed by atoms with Gasteiger partial charge in [0.25, 0.3) is 5.91 Å². The van der Waals surface area contributed by atoms with Crippen LogP contribution in [0.15, 0.2) is 34.8 Å². The Morgan fingerprint density at radius 3 is 2.58 bits per heavy atom. The molecule has 0 aliphatic carbocycles. The lowest BCUT2D eigenvalue weighted by molar-refractivity contribution is -0.142. The van der Waals surface area contributed by atoms with Gasteiger partial charge in [0.2, 0.25) is 0 Å². The van der Waals surface area contributed by atoms with E-state index in [9.17, 15) is 9.59 Å². The van der Waals surface area contributed by atoms with E-state index in [4.69, 9.17) is 30.2 Å². The third-order valence-electron chi connectivity index (χ3n) is 3.07. The molecule has 0 saturated carbocycles. The topological polar surface area (TPSA) is 87.0 Å². The van der Waals surface area contributed by atoms with E-state index in [1.807, 2.05) is 22.6 Å². The number of furan rings is 1. The molecule has 1 amide bonds. The molecule has 7 nitrogen and oxygen atoms in total. The predicted octanol–water partition coefficient (Wildman–Crippen LogP) is 3.75. The van der Waals surface area contributed by atoms with E-state index >= 15 is 0 Å². The lowest BCUT2D eigenvalue weighted by Crippen LogP contribution is -2.20. The Morgan fingerprint density at radius 2 is 1.96 bits per heavy atom. The standard InChI is InChI=1S/C17H15ClINO6/c1-23-13-8-14(24-2)12(7-11(13)18)20-16(21)9-25-17(22)6-4-10-3-5-15(19)26-10/h3-8H,9H2,1-2H3,(H,20,21)/b6-4+. The summed E-state index contributed by atoms with van der Waals surface area (Å²) in [5.74, 6) is 0.0578. The molecule has 2 rings (SSSR count). The lowest BCUT2D eigenvalue weighted by atomic mass is 10.2. The molecule has 0 fully saturated rings. The van der Waals surface area contributed by atoms with Crippen LogP contribution in [0.1, 0.15) is 5.76 Å². The van der Waals surface area contributed by atoms with Crippen molar-refractivity contribution < 1.29 is 28.2 Å². The van der Waals surface area contributed by atoms with Crippen LogP contribution in [0, 0.1) is 3.77 Å². The Kier molecular flexibility index (Phi) is 7.34. The molecule has 0 spiro atoms. The van der Waals surface area contributed by atoms with Crippen molar-refractivity contribution in [3.05, 3.63) is 44.9 Å². The SMILES string of the molecule is COc1cc(OC)c(NC(=O)COC(=O)/C=C/c2ccc(I)o2)cc1Cl. The number of nitrogens with one attached hydrogen (secondary N) is 1. The van der Waals surface area contributed by atoms with E-state index in [2.05, 4.69) is 5.32 Å². The summed E-state index contributed by atoms with van der Waals surface area (Å²) in [6.07, 6.45) is 2.63. The summed E-state index contributed by atoms with van der Waals surface area (Å²) in [5.41, 5.74) is 0.333. The number of amides is 1. The van der Waals surface area contributed by atoms with Gasteiger partial charge in [0, 0.05) is 12.1 Å². The zero-order valence-corrected chi connectivity index (χ0v) is 16.8. The van der Waals surface area contributed by atoms with Gasteiger partial charge in [-0.05, 0) is 46.9 Å². The second-order valence-electron chi connectivity index (χ2n) is 4.82. The molecular formula is C17H15ClINO6. The van der Waals surface area contributed by atoms with Crippen molar-refractivity contribution in [1.82, 2.24) is 0 Å². The number of hydrogen-bond acceptors (Lipinski definition) is 6. The van der Waals surface area contributed by atoms with Crippen LogP contribution >= 0.6 is 34.2 Å². The number of carbonyl (C=O) groups is 2. The molecule has 2 aromatic rings. The summed E-state index contributed by atoms with van der Waals surface area (Å²) < 4.78 is 21.1. The molecular weight excluding hydrogens is 477 g/mol. The van der Waals surface area contributed by atoms with Crippen LogP contribution in [0.4, 0.5) is 5.69 Å². The average molecular weight is 492 g/mol. The molecule has 1 N–H and O–H groups in total. The van der Waals surface area contributed by atoms with Crippen molar-refractivity contribution in [2.24, 2.45) is 0 Å². The molecule has 0 saturated heterocycles. The zero-order chi connectivity index (χ0) is 19.1. The van der Waals surface area contributed by atoms with Gasteiger partial charge in [0.15, 0.2) is 10.4 Å². The third kappa shape index (κ3) is 5.67. The highest BCUT2D eigenvalue weighted by Crippen LogP contribution is 2.35. The molecule has 1 aromatic carbocycles. The minimum absolute atomic E-state index is 0.302. The fraction of sp³-hybridized carbons (Fsp3) is 0.176. The van der Waals surface area contributed by atoms with E-state index in [-0.39, 0.29) is 0 Å². The summed E-state index contributed by atoms with van der Waals surface area (Å²) in [5, 5.41) is 2.86. The van der Waals surface area contributed by atoms with Crippen molar-refractivity contribution in [3.63, 3.8) is 0 Å². The molecule has 0 atom stereocenters. The van der Waals surface area contributed by atoms with Crippen LogP contribution < -0.4 is 14.8 Å². The van der Waals surface area contributed by atoms with Gasteiger partial charge in [-0.1, -0.05) is 11.6 Å². The average Bonchev–Trinajstić information content (AvgIpc) is 3.04. The number of anilines is 1. The molecule has 0 radical (unpaired) electrons. The summed E-state index contributed by atoms with van der Waals surface area (Å²) in [7, 11) is 2.91. The van der Waals surface area contributed by atoms with Crippen LogP contribution in [0.3, 0.4) is 0 Å². The minimum atomic E-state index is -0.675. The van der Waals surface area contributed by atoms with E-state index in [1.54, 1.807) is 12.1 Å². The molecule has 1 aromatic heterocycles. The van der Waals surface area contributed by atoms with Crippen molar-refractivity contribution >= 4 is 57.8 Å². The summed E-state index contributed by atoms with van der Waals surface area (Å²) >= 11 is 8.04. The first-order chi connectivity index (χ1) is 12.4. The fourth-order valence-corrected chi connectivity index (χ4v) is 2.57. The van der Waals surface area contributed by atoms with Gasteiger partial charge in [-0.3, -0.25) is 4.79 Å². The molecule has 0 unspecified atom stereocenters. The van der Waals surface area contributed by atoms with E-state index in [0.29, 0.717) is 31.7 Å². The highest BCUT2D eigenvalue weighted by molar-refractivity contribution is 14.1. The van der Waals surface area contributed by atoms with Crippen molar-refractivity contribution in [3.8, 4) is 11.5 Å². The maximum atomic E-state index is 12.0. The Balaban J connectivity index is 1.91. The molecule has 0 bridgehead atoms. The molecule has 26 heavy (non-hydrogen) atoms. The van der Waals surface area contributed by atoms with Gasteiger partial charge < -0.3 is 23.9 Å². The summed E-state index contributed by atoms with van der Waals surface area (Å²) in [4.78, 5) is 23.6. The number of halogens is 2. The minimum Gasteiger partial charge on any atom is -0.495 e. The van der Waals surface area contributed by atoms with E-state index < -0.39 is 18.5 Å². The van der Waals surface area contributed by atoms with Crippen LogP contribution in [0.5, 0.6) is 11.5 Å². The Labute approximate surface area is 168 Å². The normalized spacial score (nSPS) is 10.6. The van der Waals surface area contributed by atoms with Crippen LogP contribution in [0.25, 0.3) is 6.08 Å². The van der Waals surface area contributed by atoms with E-state index in [0.717, 1.165) is 0 Å². The number of ether oxygens (including phenoxy) is 3. The maximum absolute atomic E-state index is 12.0. The van der Waals surface area contributed by atoms with Gasteiger partial charge in [0.05, 0.1) is 24.9 Å². The first-order valence-electron chi connectivity index (χ1n) is 7.24. The summed E-state index contributed by atoms with van der Waals surface area (Å²) in [6.45, 7) is -0.467. The largest absolute Gasteiger partial charge is 0.495 e. The smallest absolute Gasteiger partial charge is 0.331 e. The fourth-order valence-electron chi connectivity index (χ4n) is 1.90. The Hall–Kier alpha value is -2.20. The van der Waals surface area contributed by atoms with Crippen molar-refractivity contribution in [2.45, 2.75) is 0 Å². The summed E-state index contributed by atoms with van der Waals surface area (Å²) in [6, 6.07) is 6.49. The number of benzene rings is 1. The highest BCUT2D eigenvalue weighted by Gasteiger charge is 2.13. The lowest BCUT2D eigenvalue weighted by Gasteiger charge is -2.13. The number of esters is 1. The van der Waals surface area contributed by atoms with Crippen molar-refractivity contribution in [1.29, 1.82) is 0 Å². The monoisotopic (exact) mass is 491 g/mol. The molecule has 0 aliphatic heterocycles. The van der Waals surface area contributed by atoms with Crippen LogP contribution in [-0.2, 0) is 14.3 Å². The quantitative estimate of drug-likeness (QED) is 0.361. The number of methoxy groups -OCH3 is 2. The first kappa shape index (κ1) is 20.1. The van der Waals surface area contributed by atoms with Gasteiger partial charge in [-0.25, -0.2) is 4.79 Å². The molecule has 138 valence electrons. The number of carbonyl (C=O) groups excluding carboxylic acids is 2. The van der Waals surface area contributed by atoms with Gasteiger partial charge in [-0.15, -0.1) is 0 Å². The van der Waals surface area contributed by atoms with Crippen LogP contribution in [-0.4, -0.2) is 32.7 Å². The molecule has 9 heteroatoms. The van der Waals surface area contributed by atoms with Gasteiger partial charge in [-0.2, -0.15) is 0 Å². The maximum Gasteiger partial charge on any atom is 0.331 e. The zero-order valence-electron chi connectivity index (χ0n) is 13.9. The second-order valence-corrected chi connectivity index (χ2v) is 6.29. The first-order valence-corrected chi connectivity index (χ1v) is 8.70. The van der Waals surface area contributed by atoms with Crippen molar-refractivity contribution in [2.75, 3.05) is 26.1 Å². The number of hydrogen-bond donors (Lipinski definition) is 1. The van der Waals surface area contributed by atoms with Crippen LogP contribution in [0.2, 0.25) is 5.02 Å². The predicted molar refractivity (Wildman–Crippen MR) is 105 cm³/mol. The molecule has 0 aliphatic rings. The second kappa shape index (κ2) is 9.48. The Bertz CT molecular complexity index is 833. The third-order valence-corrected chi connectivity index (χ3v) is 3.95. The van der Waals surface area contributed by atoms with Gasteiger partial charge >= 0.3 is 5.97 Å². The Morgan fingerprint density at radius 1 is 1.23 bits per heavy atom. The highest BCUT2D eigenvalue weighted by atomic mass is 127. The van der Waals surface area contributed by atoms with E-state index in [1.165, 1.54) is 38.5 Å². The number of rotatable bonds is 7. The molecule has 1 heterocycles.